The number of rotatable bonds is 6. The fourth-order valence-electron chi connectivity index (χ4n) is 1.96. The van der Waals surface area contributed by atoms with Crippen LogP contribution in [0, 0.1) is 0 Å². The van der Waals surface area contributed by atoms with E-state index < -0.39 is 23.2 Å². The maximum Gasteiger partial charge on any atom is 0.416 e. The predicted octanol–water partition coefficient (Wildman–Crippen LogP) is 3.30. The standard InChI is InChI=1S/C15H21F3N2O.ClH/c1-3-14(19,4-2)10-20-13(21)9-11-7-5-6-8-12(11)15(16,17)18;/h5-8H,3-4,9-10,19H2,1-2H3,(H,20,21);1H. The highest BCUT2D eigenvalue weighted by atomic mass is 35.5. The number of benzene rings is 1. The van der Waals surface area contributed by atoms with Crippen LogP contribution in [0.4, 0.5) is 13.2 Å². The van der Waals surface area contributed by atoms with Gasteiger partial charge in [-0.2, -0.15) is 13.2 Å². The van der Waals surface area contributed by atoms with Crippen molar-refractivity contribution in [3.63, 3.8) is 0 Å². The molecule has 3 N–H and O–H groups in total. The number of hydrogen-bond acceptors (Lipinski definition) is 2. The first kappa shape index (κ1) is 20.7. The molecule has 1 rings (SSSR count). The van der Waals surface area contributed by atoms with E-state index in [-0.39, 0.29) is 30.9 Å². The summed E-state index contributed by atoms with van der Waals surface area (Å²) in [7, 11) is 0. The van der Waals surface area contributed by atoms with E-state index in [0.29, 0.717) is 12.8 Å². The summed E-state index contributed by atoms with van der Waals surface area (Å²) in [5, 5.41) is 2.62. The number of amides is 1. The van der Waals surface area contributed by atoms with E-state index in [0.717, 1.165) is 6.07 Å². The van der Waals surface area contributed by atoms with E-state index in [1.807, 2.05) is 13.8 Å². The van der Waals surface area contributed by atoms with Crippen LogP contribution in [0.2, 0.25) is 0 Å². The summed E-state index contributed by atoms with van der Waals surface area (Å²) in [6.45, 7) is 4.08. The summed E-state index contributed by atoms with van der Waals surface area (Å²) in [5.41, 5.74) is 4.73. The Bertz CT molecular complexity index is 488. The molecule has 3 nitrogen and oxygen atoms in total. The third-order valence-corrected chi connectivity index (χ3v) is 3.72. The van der Waals surface area contributed by atoms with E-state index in [1.54, 1.807) is 0 Å². The number of nitrogens with one attached hydrogen (secondary N) is 1. The van der Waals surface area contributed by atoms with Crippen LogP contribution in [0.1, 0.15) is 37.8 Å². The molecule has 1 aromatic rings. The second-order valence-corrected chi connectivity index (χ2v) is 5.18. The Labute approximate surface area is 134 Å². The fourth-order valence-corrected chi connectivity index (χ4v) is 1.96. The fraction of sp³-hybridized carbons (Fsp3) is 0.533. The summed E-state index contributed by atoms with van der Waals surface area (Å²) in [6.07, 6.45) is -3.40. The number of halogens is 4. The van der Waals surface area contributed by atoms with Crippen LogP contribution in [0.5, 0.6) is 0 Å². The van der Waals surface area contributed by atoms with Gasteiger partial charge < -0.3 is 11.1 Å². The van der Waals surface area contributed by atoms with E-state index in [9.17, 15) is 18.0 Å². The second kappa shape index (κ2) is 8.39. The van der Waals surface area contributed by atoms with Crippen molar-refractivity contribution in [2.45, 2.75) is 44.8 Å². The topological polar surface area (TPSA) is 55.1 Å². The third-order valence-electron chi connectivity index (χ3n) is 3.72. The van der Waals surface area contributed by atoms with Crippen molar-refractivity contribution in [2.24, 2.45) is 5.73 Å². The lowest BCUT2D eigenvalue weighted by molar-refractivity contribution is -0.138. The second-order valence-electron chi connectivity index (χ2n) is 5.18. The number of carbonyl (C=O) groups excluding carboxylic acids is 1. The Morgan fingerprint density at radius 2 is 1.73 bits per heavy atom. The molecule has 0 saturated carbocycles. The van der Waals surface area contributed by atoms with Crippen molar-refractivity contribution < 1.29 is 18.0 Å². The zero-order valence-electron chi connectivity index (χ0n) is 12.7. The van der Waals surface area contributed by atoms with Crippen molar-refractivity contribution in [1.29, 1.82) is 0 Å². The monoisotopic (exact) mass is 338 g/mol. The summed E-state index contributed by atoms with van der Waals surface area (Å²) >= 11 is 0. The molecule has 0 unspecified atom stereocenters. The summed E-state index contributed by atoms with van der Waals surface area (Å²) in [6, 6.07) is 5.10. The molecule has 0 fully saturated rings. The molecule has 0 aliphatic rings. The zero-order valence-corrected chi connectivity index (χ0v) is 13.5. The third kappa shape index (κ3) is 5.85. The highest BCUT2D eigenvalue weighted by Gasteiger charge is 2.33. The van der Waals surface area contributed by atoms with Gasteiger partial charge in [-0.25, -0.2) is 0 Å². The largest absolute Gasteiger partial charge is 0.416 e. The molecule has 0 aliphatic heterocycles. The molecule has 1 amide bonds. The van der Waals surface area contributed by atoms with Gasteiger partial charge in [0, 0.05) is 12.1 Å². The molecule has 0 saturated heterocycles. The van der Waals surface area contributed by atoms with Gasteiger partial charge in [0.1, 0.15) is 0 Å². The Morgan fingerprint density at radius 1 is 1.18 bits per heavy atom. The summed E-state index contributed by atoms with van der Waals surface area (Å²) in [5.74, 6) is -0.455. The Hall–Kier alpha value is -1.27. The molecule has 126 valence electrons. The average molecular weight is 339 g/mol. The number of carbonyl (C=O) groups is 1. The highest BCUT2D eigenvalue weighted by molar-refractivity contribution is 5.85. The minimum absolute atomic E-state index is 0. The Morgan fingerprint density at radius 3 is 2.23 bits per heavy atom. The minimum Gasteiger partial charge on any atom is -0.354 e. The molecule has 0 radical (unpaired) electrons. The van der Waals surface area contributed by atoms with Gasteiger partial charge in [0.2, 0.25) is 5.91 Å². The van der Waals surface area contributed by atoms with Crippen LogP contribution in [0.15, 0.2) is 24.3 Å². The maximum atomic E-state index is 12.8. The van der Waals surface area contributed by atoms with Gasteiger partial charge >= 0.3 is 6.18 Å². The molecule has 0 heterocycles. The first-order valence-electron chi connectivity index (χ1n) is 6.92. The number of alkyl halides is 3. The van der Waals surface area contributed by atoms with Crippen LogP contribution in [-0.2, 0) is 17.4 Å². The Kier molecular flexibility index (Phi) is 7.90. The molecule has 0 spiro atoms. The van der Waals surface area contributed by atoms with E-state index >= 15 is 0 Å². The molecular formula is C15H22ClF3N2O. The van der Waals surface area contributed by atoms with Crippen LogP contribution in [0.25, 0.3) is 0 Å². The molecule has 0 atom stereocenters. The molecule has 1 aromatic carbocycles. The Balaban J connectivity index is 0.00000441. The van der Waals surface area contributed by atoms with Gasteiger partial charge in [-0.1, -0.05) is 32.0 Å². The first-order valence-corrected chi connectivity index (χ1v) is 6.92. The maximum absolute atomic E-state index is 12.8. The lowest BCUT2D eigenvalue weighted by Gasteiger charge is -2.26. The molecule has 0 bridgehead atoms. The minimum atomic E-state index is -4.46. The number of hydrogen-bond donors (Lipinski definition) is 2. The highest BCUT2D eigenvalue weighted by Crippen LogP contribution is 2.31. The van der Waals surface area contributed by atoms with Crippen LogP contribution in [0.3, 0.4) is 0 Å². The van der Waals surface area contributed by atoms with Crippen LogP contribution < -0.4 is 11.1 Å². The van der Waals surface area contributed by atoms with Crippen molar-refractivity contribution in [2.75, 3.05) is 6.54 Å². The molecular weight excluding hydrogens is 317 g/mol. The smallest absolute Gasteiger partial charge is 0.354 e. The molecule has 0 aliphatic carbocycles. The van der Waals surface area contributed by atoms with E-state index in [2.05, 4.69) is 5.32 Å². The van der Waals surface area contributed by atoms with Gasteiger partial charge in [0.15, 0.2) is 0 Å². The lowest BCUT2D eigenvalue weighted by Crippen LogP contribution is -2.49. The molecule has 22 heavy (non-hydrogen) atoms. The predicted molar refractivity (Wildman–Crippen MR) is 82.9 cm³/mol. The lowest BCUT2D eigenvalue weighted by atomic mass is 9.94. The van der Waals surface area contributed by atoms with Crippen LogP contribution >= 0.6 is 12.4 Å². The first-order chi connectivity index (χ1) is 9.72. The summed E-state index contributed by atoms with van der Waals surface area (Å²) < 4.78 is 38.5. The van der Waals surface area contributed by atoms with E-state index in [4.69, 9.17) is 5.73 Å². The normalized spacial score (nSPS) is 11.7. The number of nitrogens with two attached hydrogens (primary N) is 1. The quantitative estimate of drug-likeness (QED) is 0.836. The van der Waals surface area contributed by atoms with Crippen molar-refractivity contribution >= 4 is 18.3 Å². The van der Waals surface area contributed by atoms with Gasteiger partial charge in [0.25, 0.3) is 0 Å². The molecule has 0 aromatic heterocycles. The van der Waals surface area contributed by atoms with Gasteiger partial charge in [-0.3, -0.25) is 4.79 Å². The summed E-state index contributed by atoms with van der Waals surface area (Å²) in [4.78, 5) is 11.8. The zero-order chi connectivity index (χ0) is 16.1. The van der Waals surface area contributed by atoms with Gasteiger partial charge in [-0.15, -0.1) is 12.4 Å². The van der Waals surface area contributed by atoms with Gasteiger partial charge in [0.05, 0.1) is 12.0 Å². The van der Waals surface area contributed by atoms with E-state index in [1.165, 1.54) is 18.2 Å². The van der Waals surface area contributed by atoms with Crippen molar-refractivity contribution in [3.8, 4) is 0 Å². The average Bonchev–Trinajstić information content (AvgIpc) is 2.44. The van der Waals surface area contributed by atoms with Crippen molar-refractivity contribution in [3.05, 3.63) is 35.4 Å². The SMILES string of the molecule is CCC(N)(CC)CNC(=O)Cc1ccccc1C(F)(F)F.Cl. The molecule has 7 heteroatoms. The van der Waals surface area contributed by atoms with Crippen molar-refractivity contribution in [1.82, 2.24) is 5.32 Å². The van der Waals surface area contributed by atoms with Crippen LogP contribution in [-0.4, -0.2) is 18.0 Å². The van der Waals surface area contributed by atoms with Gasteiger partial charge in [-0.05, 0) is 24.5 Å².